The normalized spacial score (nSPS) is 32.8. The van der Waals surface area contributed by atoms with Crippen LogP contribution in [0.25, 0.3) is 0 Å². The molecule has 0 radical (unpaired) electrons. The molecule has 2 heterocycles. The first kappa shape index (κ1) is 13.3. The third-order valence-corrected chi connectivity index (χ3v) is 4.17. The molecule has 4 heteroatoms. The molecule has 3 atom stereocenters. The van der Waals surface area contributed by atoms with Gasteiger partial charge in [-0.3, -0.25) is 4.90 Å². The molecule has 0 aromatic rings. The van der Waals surface area contributed by atoms with Crippen LogP contribution in [0.5, 0.6) is 0 Å². The lowest BCUT2D eigenvalue weighted by Crippen LogP contribution is -2.47. The zero-order valence-electron chi connectivity index (χ0n) is 10.9. The van der Waals surface area contributed by atoms with Crippen LogP contribution in [-0.4, -0.2) is 57.5 Å². The molecule has 3 unspecified atom stereocenters. The van der Waals surface area contributed by atoms with Crippen molar-refractivity contribution < 1.29 is 9.47 Å². The third kappa shape index (κ3) is 3.41. The number of nitrogens with two attached hydrogens (primary N) is 1. The first-order chi connectivity index (χ1) is 8.35. The monoisotopic (exact) mass is 242 g/mol. The average Bonchev–Trinajstić information content (AvgIpc) is 2.81. The van der Waals surface area contributed by atoms with Crippen molar-refractivity contribution in [1.29, 1.82) is 0 Å². The number of rotatable bonds is 5. The van der Waals surface area contributed by atoms with E-state index in [0.717, 1.165) is 32.9 Å². The van der Waals surface area contributed by atoms with E-state index < -0.39 is 0 Å². The van der Waals surface area contributed by atoms with E-state index in [0.29, 0.717) is 17.9 Å². The van der Waals surface area contributed by atoms with Gasteiger partial charge in [0, 0.05) is 32.8 Å². The van der Waals surface area contributed by atoms with Gasteiger partial charge in [0.1, 0.15) is 0 Å². The highest BCUT2D eigenvalue weighted by atomic mass is 16.5. The molecule has 0 aliphatic carbocycles. The molecule has 4 nitrogen and oxygen atoms in total. The van der Waals surface area contributed by atoms with Crippen molar-refractivity contribution in [2.45, 2.75) is 25.3 Å². The van der Waals surface area contributed by atoms with Crippen LogP contribution in [-0.2, 0) is 9.47 Å². The summed E-state index contributed by atoms with van der Waals surface area (Å²) < 4.78 is 10.8. The largest absolute Gasteiger partial charge is 0.384 e. The Morgan fingerprint density at radius 3 is 3.00 bits per heavy atom. The number of likely N-dealkylation sites (tertiary alicyclic amines) is 1. The summed E-state index contributed by atoms with van der Waals surface area (Å²) in [6, 6.07) is 0.511. The van der Waals surface area contributed by atoms with Gasteiger partial charge in [-0.25, -0.2) is 0 Å². The highest BCUT2D eigenvalue weighted by molar-refractivity contribution is 4.87. The van der Waals surface area contributed by atoms with Gasteiger partial charge >= 0.3 is 0 Å². The summed E-state index contributed by atoms with van der Waals surface area (Å²) >= 11 is 0. The third-order valence-electron chi connectivity index (χ3n) is 4.17. The van der Waals surface area contributed by atoms with E-state index >= 15 is 0 Å². The second kappa shape index (κ2) is 6.69. The Morgan fingerprint density at radius 2 is 2.35 bits per heavy atom. The number of nitrogens with zero attached hydrogens (tertiary/aromatic N) is 1. The van der Waals surface area contributed by atoms with Crippen LogP contribution in [0.3, 0.4) is 0 Å². The molecule has 0 spiro atoms. The highest BCUT2D eigenvalue weighted by Crippen LogP contribution is 2.26. The van der Waals surface area contributed by atoms with Gasteiger partial charge in [-0.1, -0.05) is 0 Å². The maximum Gasteiger partial charge on any atom is 0.0509 e. The second-order valence-electron chi connectivity index (χ2n) is 5.39. The summed E-state index contributed by atoms with van der Waals surface area (Å²) in [5, 5.41) is 0. The standard InChI is InChI=1S/C13H26N2O2/c1-16-9-11-4-5-15(8-11)13(7-14)12-3-2-6-17-10-12/h11-13H,2-10,14H2,1H3. The molecule has 2 fully saturated rings. The SMILES string of the molecule is COCC1CCN(C(CN)C2CCCOC2)C1. The van der Waals surface area contributed by atoms with Crippen molar-refractivity contribution in [3.8, 4) is 0 Å². The Hall–Kier alpha value is -0.160. The Balaban J connectivity index is 1.85. The van der Waals surface area contributed by atoms with E-state index in [-0.39, 0.29) is 0 Å². The molecule has 0 aromatic heterocycles. The number of hydrogen-bond acceptors (Lipinski definition) is 4. The van der Waals surface area contributed by atoms with Gasteiger partial charge in [0.25, 0.3) is 0 Å². The van der Waals surface area contributed by atoms with E-state index in [1.165, 1.54) is 25.8 Å². The first-order valence-corrected chi connectivity index (χ1v) is 6.86. The average molecular weight is 242 g/mol. The molecule has 0 bridgehead atoms. The highest BCUT2D eigenvalue weighted by Gasteiger charge is 2.33. The first-order valence-electron chi connectivity index (χ1n) is 6.86. The lowest BCUT2D eigenvalue weighted by Gasteiger charge is -2.35. The number of ether oxygens (including phenoxy) is 2. The second-order valence-corrected chi connectivity index (χ2v) is 5.39. The minimum atomic E-state index is 0.511. The van der Waals surface area contributed by atoms with Crippen LogP contribution in [0.2, 0.25) is 0 Å². The fourth-order valence-corrected chi connectivity index (χ4v) is 3.24. The van der Waals surface area contributed by atoms with Crippen molar-refractivity contribution in [3.63, 3.8) is 0 Å². The van der Waals surface area contributed by atoms with Gasteiger partial charge < -0.3 is 15.2 Å². The van der Waals surface area contributed by atoms with Gasteiger partial charge in [-0.2, -0.15) is 0 Å². The van der Waals surface area contributed by atoms with Crippen molar-refractivity contribution in [2.24, 2.45) is 17.6 Å². The predicted octanol–water partition coefficient (Wildman–Crippen LogP) is 0.709. The number of methoxy groups -OCH3 is 1. The lowest BCUT2D eigenvalue weighted by atomic mass is 9.92. The Morgan fingerprint density at radius 1 is 1.47 bits per heavy atom. The molecule has 0 amide bonds. The summed E-state index contributed by atoms with van der Waals surface area (Å²) in [4.78, 5) is 2.56. The fourth-order valence-electron chi connectivity index (χ4n) is 3.24. The van der Waals surface area contributed by atoms with Crippen molar-refractivity contribution in [2.75, 3.05) is 46.6 Å². The summed E-state index contributed by atoms with van der Waals surface area (Å²) in [5.74, 6) is 1.33. The van der Waals surface area contributed by atoms with Gasteiger partial charge in [0.05, 0.1) is 13.2 Å². The number of hydrogen-bond donors (Lipinski definition) is 1. The topological polar surface area (TPSA) is 47.7 Å². The van der Waals surface area contributed by atoms with E-state index in [9.17, 15) is 0 Å². The van der Waals surface area contributed by atoms with Crippen LogP contribution in [0.15, 0.2) is 0 Å². The maximum atomic E-state index is 5.97. The Labute approximate surface area is 104 Å². The lowest BCUT2D eigenvalue weighted by molar-refractivity contribution is 0.0150. The van der Waals surface area contributed by atoms with Crippen LogP contribution < -0.4 is 5.73 Å². The molecule has 2 N–H and O–H groups in total. The molecule has 2 aliphatic rings. The van der Waals surface area contributed by atoms with Gasteiger partial charge in [0.15, 0.2) is 0 Å². The molecule has 17 heavy (non-hydrogen) atoms. The zero-order chi connectivity index (χ0) is 12.1. The summed E-state index contributed by atoms with van der Waals surface area (Å²) in [7, 11) is 1.79. The van der Waals surface area contributed by atoms with Gasteiger partial charge in [-0.05, 0) is 37.6 Å². The molecule has 2 rings (SSSR count). The van der Waals surface area contributed by atoms with Crippen LogP contribution >= 0.6 is 0 Å². The summed E-state index contributed by atoms with van der Waals surface area (Å²) in [6.07, 6.45) is 3.71. The van der Waals surface area contributed by atoms with Crippen LogP contribution in [0.4, 0.5) is 0 Å². The predicted molar refractivity (Wildman–Crippen MR) is 67.9 cm³/mol. The molecule has 2 aliphatic heterocycles. The minimum absolute atomic E-state index is 0.511. The van der Waals surface area contributed by atoms with Crippen molar-refractivity contribution in [1.82, 2.24) is 4.90 Å². The summed E-state index contributed by atoms with van der Waals surface area (Å²) in [6.45, 7) is 5.79. The van der Waals surface area contributed by atoms with E-state index in [1.807, 2.05) is 0 Å². The van der Waals surface area contributed by atoms with Crippen molar-refractivity contribution in [3.05, 3.63) is 0 Å². The Bertz CT molecular complexity index is 219. The minimum Gasteiger partial charge on any atom is -0.384 e. The molecule has 100 valence electrons. The Kier molecular flexibility index (Phi) is 5.22. The van der Waals surface area contributed by atoms with E-state index in [2.05, 4.69) is 4.90 Å². The fraction of sp³-hybridized carbons (Fsp3) is 1.00. The molecule has 2 saturated heterocycles. The molecule has 0 saturated carbocycles. The maximum absolute atomic E-state index is 5.97. The van der Waals surface area contributed by atoms with E-state index in [4.69, 9.17) is 15.2 Å². The van der Waals surface area contributed by atoms with Crippen LogP contribution in [0, 0.1) is 11.8 Å². The van der Waals surface area contributed by atoms with Crippen LogP contribution in [0.1, 0.15) is 19.3 Å². The molecular weight excluding hydrogens is 216 g/mol. The van der Waals surface area contributed by atoms with Gasteiger partial charge in [-0.15, -0.1) is 0 Å². The molecule has 0 aromatic carbocycles. The zero-order valence-corrected chi connectivity index (χ0v) is 10.9. The van der Waals surface area contributed by atoms with Gasteiger partial charge in [0.2, 0.25) is 0 Å². The summed E-state index contributed by atoms with van der Waals surface area (Å²) in [5.41, 5.74) is 5.97. The molecular formula is C13H26N2O2. The van der Waals surface area contributed by atoms with Crippen molar-refractivity contribution >= 4 is 0 Å². The smallest absolute Gasteiger partial charge is 0.0509 e. The quantitative estimate of drug-likeness (QED) is 0.771. The van der Waals surface area contributed by atoms with E-state index in [1.54, 1.807) is 7.11 Å².